The molecule has 0 aliphatic heterocycles. The van der Waals surface area contributed by atoms with Crippen molar-refractivity contribution in [3.05, 3.63) is 0 Å². The highest BCUT2D eigenvalue weighted by atomic mass is 16.4. The topological polar surface area (TPSA) is 125 Å². The van der Waals surface area contributed by atoms with E-state index in [1.165, 1.54) is 0 Å². The minimum Gasteiger partial charge on any atom is -0.480 e. The number of aliphatic hydroxyl groups excluding tert-OH is 1. The molecular formula is C14H29N3O4. The van der Waals surface area contributed by atoms with Gasteiger partial charge < -0.3 is 26.6 Å². The summed E-state index contributed by atoms with van der Waals surface area (Å²) in [5.74, 6) is -1.25. The van der Waals surface area contributed by atoms with Crippen molar-refractivity contribution >= 4 is 11.9 Å². The predicted octanol–water partition coefficient (Wildman–Crippen LogP) is -0.176. The zero-order valence-corrected chi connectivity index (χ0v) is 13.0. The van der Waals surface area contributed by atoms with Gasteiger partial charge in [-0.05, 0) is 33.2 Å². The van der Waals surface area contributed by atoms with Crippen LogP contribution in [-0.2, 0) is 9.59 Å². The monoisotopic (exact) mass is 303 g/mol. The number of carbonyl (C=O) groups is 2. The number of unbranched alkanes of at least 4 members (excludes halogenated alkanes) is 2. The lowest BCUT2D eigenvalue weighted by Gasteiger charge is -2.18. The first-order valence-corrected chi connectivity index (χ1v) is 7.49. The average Bonchev–Trinajstić information content (AvgIpc) is 2.43. The highest BCUT2D eigenvalue weighted by molar-refractivity contribution is 5.78. The molecular weight excluding hydrogens is 274 g/mol. The zero-order chi connectivity index (χ0) is 16.3. The quantitative estimate of drug-likeness (QED) is 0.319. The first-order valence-electron chi connectivity index (χ1n) is 7.49. The van der Waals surface area contributed by atoms with Gasteiger partial charge in [0.1, 0.15) is 6.04 Å². The summed E-state index contributed by atoms with van der Waals surface area (Å²) in [5.41, 5.74) is 5.32. The summed E-state index contributed by atoms with van der Waals surface area (Å²) >= 11 is 0. The Kier molecular flexibility index (Phi) is 10.8. The molecule has 0 aromatic carbocycles. The van der Waals surface area contributed by atoms with Crippen molar-refractivity contribution in [3.63, 3.8) is 0 Å². The van der Waals surface area contributed by atoms with Gasteiger partial charge in [-0.15, -0.1) is 0 Å². The van der Waals surface area contributed by atoms with Crippen molar-refractivity contribution in [2.24, 2.45) is 5.73 Å². The average molecular weight is 303 g/mol. The van der Waals surface area contributed by atoms with Crippen molar-refractivity contribution < 1.29 is 19.8 Å². The number of likely N-dealkylation sites (N-methyl/N-ethyl adjacent to an activating group) is 1. The van der Waals surface area contributed by atoms with Gasteiger partial charge in [0.05, 0.1) is 6.10 Å². The van der Waals surface area contributed by atoms with E-state index in [0.717, 1.165) is 25.7 Å². The summed E-state index contributed by atoms with van der Waals surface area (Å²) in [5, 5.41) is 23.9. The number of carboxylic acids is 1. The third kappa shape index (κ3) is 10.2. The van der Waals surface area contributed by atoms with Crippen LogP contribution in [-0.4, -0.2) is 53.9 Å². The highest BCUT2D eigenvalue weighted by Crippen LogP contribution is 2.06. The Morgan fingerprint density at radius 2 is 1.86 bits per heavy atom. The second-order valence-electron chi connectivity index (χ2n) is 5.32. The van der Waals surface area contributed by atoms with Gasteiger partial charge in [-0.2, -0.15) is 0 Å². The molecule has 0 saturated carbocycles. The normalized spacial score (nSPS) is 15.2. The lowest BCUT2D eigenvalue weighted by atomic mass is 10.0. The summed E-state index contributed by atoms with van der Waals surface area (Å²) < 4.78 is 0. The van der Waals surface area contributed by atoms with Crippen LogP contribution >= 0.6 is 0 Å². The molecule has 0 aromatic heterocycles. The molecule has 0 bridgehead atoms. The molecule has 7 nitrogen and oxygen atoms in total. The second kappa shape index (κ2) is 11.5. The Labute approximate surface area is 126 Å². The van der Waals surface area contributed by atoms with Crippen LogP contribution in [0, 0.1) is 0 Å². The Bertz CT molecular complexity index is 311. The van der Waals surface area contributed by atoms with E-state index in [-0.39, 0.29) is 30.9 Å². The molecule has 0 saturated heterocycles. The maximum absolute atomic E-state index is 11.4. The predicted molar refractivity (Wildman–Crippen MR) is 80.9 cm³/mol. The molecule has 7 heteroatoms. The van der Waals surface area contributed by atoms with Crippen LogP contribution in [0.2, 0.25) is 0 Å². The number of hydrogen-bond acceptors (Lipinski definition) is 5. The van der Waals surface area contributed by atoms with E-state index < -0.39 is 12.0 Å². The number of rotatable bonds is 12. The van der Waals surface area contributed by atoms with Gasteiger partial charge in [0, 0.05) is 19.0 Å². The Morgan fingerprint density at radius 3 is 2.38 bits per heavy atom. The molecule has 0 aliphatic rings. The van der Waals surface area contributed by atoms with E-state index in [1.54, 1.807) is 6.92 Å². The van der Waals surface area contributed by atoms with Crippen molar-refractivity contribution in [2.45, 2.75) is 63.6 Å². The summed E-state index contributed by atoms with van der Waals surface area (Å²) in [6, 6.07) is -0.869. The minimum atomic E-state index is -1.08. The number of carboxylic acid groups (broad SMARTS) is 1. The molecule has 1 amide bonds. The fraction of sp³-hybridized carbons (Fsp3) is 0.857. The number of amides is 1. The Hall–Kier alpha value is -1.18. The van der Waals surface area contributed by atoms with E-state index in [9.17, 15) is 14.7 Å². The van der Waals surface area contributed by atoms with E-state index in [0.29, 0.717) is 6.54 Å². The summed E-state index contributed by atoms with van der Waals surface area (Å²) in [6.07, 6.45) is 3.64. The number of nitrogens with one attached hydrogen (secondary N) is 2. The van der Waals surface area contributed by atoms with Crippen LogP contribution in [0.4, 0.5) is 0 Å². The fourth-order valence-electron chi connectivity index (χ4n) is 2.02. The molecule has 21 heavy (non-hydrogen) atoms. The maximum Gasteiger partial charge on any atom is 0.320 e. The molecule has 0 aromatic rings. The number of aliphatic carboxylic acids is 1. The SMILES string of the molecule is CN[C@@H](CCCCCNC(=O)CC[C@H](N)C(=O)O)[C@H](C)O. The first kappa shape index (κ1) is 19.8. The Balaban J connectivity index is 3.54. The van der Waals surface area contributed by atoms with Crippen LogP contribution in [0.15, 0.2) is 0 Å². The van der Waals surface area contributed by atoms with Crippen molar-refractivity contribution in [2.75, 3.05) is 13.6 Å². The molecule has 0 spiro atoms. The molecule has 0 heterocycles. The molecule has 124 valence electrons. The van der Waals surface area contributed by atoms with Crippen LogP contribution in [0.3, 0.4) is 0 Å². The summed E-state index contributed by atoms with van der Waals surface area (Å²) in [6.45, 7) is 2.35. The highest BCUT2D eigenvalue weighted by Gasteiger charge is 2.13. The Morgan fingerprint density at radius 1 is 1.19 bits per heavy atom. The van der Waals surface area contributed by atoms with Gasteiger partial charge in [-0.25, -0.2) is 0 Å². The molecule has 0 radical (unpaired) electrons. The van der Waals surface area contributed by atoms with E-state index >= 15 is 0 Å². The molecule has 0 aliphatic carbocycles. The fourth-order valence-corrected chi connectivity index (χ4v) is 2.02. The van der Waals surface area contributed by atoms with Crippen molar-refractivity contribution in [1.29, 1.82) is 0 Å². The number of nitrogens with two attached hydrogens (primary N) is 1. The summed E-state index contributed by atoms with van der Waals surface area (Å²) in [7, 11) is 1.83. The van der Waals surface area contributed by atoms with E-state index in [4.69, 9.17) is 10.8 Å². The standard InChI is InChI=1S/C14H29N3O4/c1-10(18)12(16-2)6-4-3-5-9-17-13(19)8-7-11(15)14(20)21/h10-12,16,18H,3-9,15H2,1-2H3,(H,17,19)(H,20,21)/t10-,11-,12-/m0/s1. The van der Waals surface area contributed by atoms with Gasteiger partial charge in [-0.1, -0.05) is 12.8 Å². The largest absolute Gasteiger partial charge is 0.480 e. The molecule has 0 unspecified atom stereocenters. The second-order valence-corrected chi connectivity index (χ2v) is 5.32. The third-order valence-corrected chi connectivity index (χ3v) is 3.47. The minimum absolute atomic E-state index is 0.108. The van der Waals surface area contributed by atoms with Gasteiger partial charge in [-0.3, -0.25) is 9.59 Å². The first-order chi connectivity index (χ1) is 9.88. The molecule has 3 atom stereocenters. The van der Waals surface area contributed by atoms with Gasteiger partial charge in [0.25, 0.3) is 0 Å². The molecule has 0 rings (SSSR count). The number of hydrogen-bond donors (Lipinski definition) is 5. The van der Waals surface area contributed by atoms with Gasteiger partial charge >= 0.3 is 5.97 Å². The van der Waals surface area contributed by atoms with Crippen LogP contribution in [0.25, 0.3) is 0 Å². The van der Waals surface area contributed by atoms with E-state index in [1.807, 2.05) is 7.05 Å². The number of carbonyl (C=O) groups excluding carboxylic acids is 1. The van der Waals surface area contributed by atoms with Gasteiger partial charge in [0.15, 0.2) is 0 Å². The van der Waals surface area contributed by atoms with E-state index in [2.05, 4.69) is 10.6 Å². The smallest absolute Gasteiger partial charge is 0.320 e. The van der Waals surface area contributed by atoms with Crippen LogP contribution in [0.1, 0.15) is 45.4 Å². The van der Waals surface area contributed by atoms with Crippen LogP contribution in [0.5, 0.6) is 0 Å². The van der Waals surface area contributed by atoms with Gasteiger partial charge in [0.2, 0.25) is 5.91 Å². The van der Waals surface area contributed by atoms with Crippen LogP contribution < -0.4 is 16.4 Å². The lowest BCUT2D eigenvalue weighted by Crippen LogP contribution is -2.35. The molecule has 6 N–H and O–H groups in total. The number of aliphatic hydroxyl groups is 1. The lowest BCUT2D eigenvalue weighted by molar-refractivity contribution is -0.138. The third-order valence-electron chi connectivity index (χ3n) is 3.47. The molecule has 0 fully saturated rings. The summed E-state index contributed by atoms with van der Waals surface area (Å²) in [4.78, 5) is 21.9. The van der Waals surface area contributed by atoms with Crippen molar-refractivity contribution in [3.8, 4) is 0 Å². The maximum atomic E-state index is 11.4. The zero-order valence-electron chi connectivity index (χ0n) is 13.0. The van der Waals surface area contributed by atoms with Crippen molar-refractivity contribution in [1.82, 2.24) is 10.6 Å².